The number of carbonyl (C=O) groups excluding carboxylic acids is 1. The molecule has 1 amide bonds. The van der Waals surface area contributed by atoms with Crippen LogP contribution in [-0.2, 0) is 9.53 Å². The van der Waals surface area contributed by atoms with Crippen LogP contribution in [-0.4, -0.2) is 54.2 Å². The van der Waals surface area contributed by atoms with Gasteiger partial charge in [0.15, 0.2) is 5.13 Å². The largest absolute Gasteiger partial charge is 0.373 e. The molecule has 118 valence electrons. The van der Waals surface area contributed by atoms with Crippen molar-refractivity contribution in [3.63, 3.8) is 0 Å². The molecule has 3 atom stereocenters. The van der Waals surface area contributed by atoms with Crippen LogP contribution in [0.4, 0.5) is 5.13 Å². The lowest BCUT2D eigenvalue weighted by molar-refractivity contribution is -0.132. The highest BCUT2D eigenvalue weighted by molar-refractivity contribution is 7.13. The van der Waals surface area contributed by atoms with Gasteiger partial charge in [0.2, 0.25) is 5.91 Å². The van der Waals surface area contributed by atoms with Crippen LogP contribution in [0.1, 0.15) is 27.7 Å². The molecule has 0 spiro atoms. The number of aromatic nitrogens is 1. The molecule has 1 saturated heterocycles. The molecule has 3 unspecified atom stereocenters. The molecule has 0 aromatic carbocycles. The lowest BCUT2D eigenvalue weighted by Crippen LogP contribution is -2.57. The molecule has 1 aliphatic rings. The van der Waals surface area contributed by atoms with E-state index in [0.717, 1.165) is 18.2 Å². The number of rotatable bonds is 4. The van der Waals surface area contributed by atoms with Crippen molar-refractivity contribution in [1.29, 1.82) is 0 Å². The van der Waals surface area contributed by atoms with Gasteiger partial charge in [0.25, 0.3) is 0 Å². The Kier molecular flexibility index (Phi) is 5.35. The number of anilines is 1. The summed E-state index contributed by atoms with van der Waals surface area (Å²) < 4.78 is 5.78. The van der Waals surface area contributed by atoms with Gasteiger partial charge in [-0.2, -0.15) is 0 Å². The maximum atomic E-state index is 12.9. The standard InChI is InChI=1S/C15H25N3O2S/c1-10(2)13(18-8-11(3)20-12(4)9-18)14(19)17(5)15-16-6-7-21-15/h6-7,10-13H,8-9H2,1-5H3. The van der Waals surface area contributed by atoms with E-state index in [1.54, 1.807) is 11.1 Å². The number of hydrogen-bond acceptors (Lipinski definition) is 5. The van der Waals surface area contributed by atoms with E-state index in [-0.39, 0.29) is 30.1 Å². The van der Waals surface area contributed by atoms with E-state index in [4.69, 9.17) is 4.74 Å². The number of hydrogen-bond donors (Lipinski definition) is 0. The van der Waals surface area contributed by atoms with Gasteiger partial charge in [-0.05, 0) is 19.8 Å². The first-order valence-corrected chi connectivity index (χ1v) is 8.34. The number of nitrogens with zero attached hydrogens (tertiary/aromatic N) is 3. The maximum absolute atomic E-state index is 12.9. The second-order valence-electron chi connectivity index (χ2n) is 6.11. The Labute approximate surface area is 130 Å². The highest BCUT2D eigenvalue weighted by atomic mass is 32.1. The van der Waals surface area contributed by atoms with Crippen molar-refractivity contribution in [3.8, 4) is 0 Å². The average molecular weight is 311 g/mol. The third kappa shape index (κ3) is 3.81. The number of likely N-dealkylation sites (N-methyl/N-ethyl adjacent to an activating group) is 1. The van der Waals surface area contributed by atoms with Crippen molar-refractivity contribution in [3.05, 3.63) is 11.6 Å². The van der Waals surface area contributed by atoms with Crippen LogP contribution < -0.4 is 4.90 Å². The summed E-state index contributed by atoms with van der Waals surface area (Å²) in [5.41, 5.74) is 0. The minimum absolute atomic E-state index is 0.112. The Hall–Kier alpha value is -0.980. The van der Waals surface area contributed by atoms with Crippen LogP contribution in [0.15, 0.2) is 11.6 Å². The van der Waals surface area contributed by atoms with Crippen LogP contribution in [0.5, 0.6) is 0 Å². The smallest absolute Gasteiger partial charge is 0.246 e. The lowest BCUT2D eigenvalue weighted by Gasteiger charge is -2.41. The molecular formula is C15H25N3O2S. The Bertz CT molecular complexity index is 453. The topological polar surface area (TPSA) is 45.7 Å². The quantitative estimate of drug-likeness (QED) is 0.855. The molecule has 0 radical (unpaired) electrons. The SMILES string of the molecule is CC1CN(C(C(=O)N(C)c2nccs2)C(C)C)CC(C)O1. The van der Waals surface area contributed by atoms with Crippen molar-refractivity contribution in [2.45, 2.75) is 45.9 Å². The second-order valence-corrected chi connectivity index (χ2v) is 6.99. The third-order valence-electron chi connectivity index (χ3n) is 3.76. The van der Waals surface area contributed by atoms with E-state index >= 15 is 0 Å². The van der Waals surface area contributed by atoms with Crippen molar-refractivity contribution >= 4 is 22.4 Å². The van der Waals surface area contributed by atoms with Crippen LogP contribution in [0.3, 0.4) is 0 Å². The van der Waals surface area contributed by atoms with Crippen molar-refractivity contribution in [2.24, 2.45) is 5.92 Å². The van der Waals surface area contributed by atoms with E-state index < -0.39 is 0 Å². The van der Waals surface area contributed by atoms with Gasteiger partial charge < -0.3 is 4.74 Å². The van der Waals surface area contributed by atoms with Gasteiger partial charge in [0.1, 0.15) is 0 Å². The molecule has 0 bridgehead atoms. The fraction of sp³-hybridized carbons (Fsp3) is 0.733. The maximum Gasteiger partial charge on any atom is 0.246 e. The summed E-state index contributed by atoms with van der Waals surface area (Å²) in [4.78, 5) is 21.1. The predicted molar refractivity (Wildman–Crippen MR) is 85.7 cm³/mol. The van der Waals surface area contributed by atoms with E-state index in [2.05, 4.69) is 37.6 Å². The van der Waals surface area contributed by atoms with E-state index in [0.29, 0.717) is 0 Å². The number of morpholine rings is 1. The van der Waals surface area contributed by atoms with Gasteiger partial charge in [-0.1, -0.05) is 13.8 Å². The molecule has 5 nitrogen and oxygen atoms in total. The summed E-state index contributed by atoms with van der Waals surface area (Å²) in [5.74, 6) is 0.360. The highest BCUT2D eigenvalue weighted by Crippen LogP contribution is 2.23. The zero-order valence-corrected chi connectivity index (χ0v) is 14.3. The summed E-state index contributed by atoms with van der Waals surface area (Å²) in [6.07, 6.45) is 2.05. The Morgan fingerprint density at radius 1 is 1.43 bits per heavy atom. The fourth-order valence-corrected chi connectivity index (χ4v) is 3.60. The first-order valence-electron chi connectivity index (χ1n) is 7.46. The first-order chi connectivity index (χ1) is 9.90. The van der Waals surface area contributed by atoms with Crippen LogP contribution >= 0.6 is 11.3 Å². The first kappa shape index (κ1) is 16.4. The van der Waals surface area contributed by atoms with Gasteiger partial charge in [-0.25, -0.2) is 4.98 Å². The number of amides is 1. The molecule has 6 heteroatoms. The monoisotopic (exact) mass is 311 g/mol. The van der Waals surface area contributed by atoms with Crippen molar-refractivity contribution < 1.29 is 9.53 Å². The fourth-order valence-electron chi connectivity index (χ4n) is 2.98. The Morgan fingerprint density at radius 3 is 2.52 bits per heavy atom. The van der Waals surface area contributed by atoms with Gasteiger partial charge in [0.05, 0.1) is 18.2 Å². The highest BCUT2D eigenvalue weighted by Gasteiger charge is 2.36. The third-order valence-corrected chi connectivity index (χ3v) is 4.61. The molecule has 21 heavy (non-hydrogen) atoms. The molecular weight excluding hydrogens is 286 g/mol. The minimum Gasteiger partial charge on any atom is -0.373 e. The van der Waals surface area contributed by atoms with Gasteiger partial charge >= 0.3 is 0 Å². The summed E-state index contributed by atoms with van der Waals surface area (Å²) in [5, 5.41) is 2.64. The van der Waals surface area contributed by atoms with Gasteiger partial charge in [0, 0.05) is 31.7 Å². The van der Waals surface area contributed by atoms with Gasteiger partial charge in [-0.3, -0.25) is 14.6 Å². The second kappa shape index (κ2) is 6.85. The van der Waals surface area contributed by atoms with Crippen LogP contribution in [0.2, 0.25) is 0 Å². The summed E-state index contributed by atoms with van der Waals surface area (Å²) >= 11 is 1.49. The zero-order chi connectivity index (χ0) is 15.6. The predicted octanol–water partition coefficient (Wildman–Crippen LogP) is 2.24. The van der Waals surface area contributed by atoms with Crippen molar-refractivity contribution in [1.82, 2.24) is 9.88 Å². The molecule has 0 aliphatic carbocycles. The van der Waals surface area contributed by atoms with E-state index in [1.165, 1.54) is 11.3 Å². The molecule has 1 aliphatic heterocycles. The van der Waals surface area contributed by atoms with E-state index in [1.807, 2.05) is 12.4 Å². The van der Waals surface area contributed by atoms with Gasteiger partial charge in [-0.15, -0.1) is 11.3 Å². The summed E-state index contributed by atoms with van der Waals surface area (Å²) in [6, 6.07) is -0.132. The zero-order valence-electron chi connectivity index (χ0n) is 13.4. The average Bonchev–Trinajstić information content (AvgIpc) is 2.90. The number of thiazole rings is 1. The van der Waals surface area contributed by atoms with E-state index in [9.17, 15) is 4.79 Å². The van der Waals surface area contributed by atoms with Crippen molar-refractivity contribution in [2.75, 3.05) is 25.0 Å². The Morgan fingerprint density at radius 2 is 2.05 bits per heavy atom. The molecule has 2 rings (SSSR count). The summed E-state index contributed by atoms with van der Waals surface area (Å²) in [7, 11) is 1.81. The minimum atomic E-state index is -0.132. The number of carbonyl (C=O) groups is 1. The lowest BCUT2D eigenvalue weighted by atomic mass is 9.99. The van der Waals surface area contributed by atoms with Crippen LogP contribution in [0.25, 0.3) is 0 Å². The summed E-state index contributed by atoms with van der Waals surface area (Å²) in [6.45, 7) is 9.92. The van der Waals surface area contributed by atoms with Crippen LogP contribution in [0, 0.1) is 5.92 Å². The number of ether oxygens (including phenoxy) is 1. The molecule has 0 saturated carbocycles. The Balaban J connectivity index is 2.16. The normalized spacial score (nSPS) is 25.0. The molecule has 1 aromatic rings. The molecule has 2 heterocycles. The molecule has 1 fully saturated rings. The molecule has 1 aromatic heterocycles. The molecule has 0 N–H and O–H groups in total.